The summed E-state index contributed by atoms with van der Waals surface area (Å²) in [5, 5.41) is 0. The minimum atomic E-state index is -0.236. The van der Waals surface area contributed by atoms with Crippen molar-refractivity contribution in [3.05, 3.63) is 54.0 Å². The van der Waals surface area contributed by atoms with Gasteiger partial charge in [0.15, 0.2) is 5.76 Å². The zero-order valence-electron chi connectivity index (χ0n) is 16.6. The lowest BCUT2D eigenvalue weighted by atomic mass is 10.1. The van der Waals surface area contributed by atoms with Crippen LogP contribution in [0.1, 0.15) is 33.8 Å². The van der Waals surface area contributed by atoms with Gasteiger partial charge >= 0.3 is 0 Å². The van der Waals surface area contributed by atoms with E-state index in [4.69, 9.17) is 13.9 Å². The second kappa shape index (κ2) is 8.69. The van der Waals surface area contributed by atoms with Crippen LogP contribution in [0.4, 0.5) is 0 Å². The summed E-state index contributed by atoms with van der Waals surface area (Å²) < 4.78 is 16.5. The van der Waals surface area contributed by atoms with Crippen LogP contribution in [0.25, 0.3) is 0 Å². The van der Waals surface area contributed by atoms with E-state index in [0.29, 0.717) is 55.8 Å². The van der Waals surface area contributed by atoms with E-state index in [1.165, 1.54) is 6.26 Å². The van der Waals surface area contributed by atoms with E-state index in [0.717, 1.165) is 12.8 Å². The Bertz CT molecular complexity index is 847. The normalized spacial score (nSPS) is 19.1. The molecule has 2 amide bonds. The summed E-state index contributed by atoms with van der Waals surface area (Å²) >= 11 is 0. The van der Waals surface area contributed by atoms with E-state index >= 15 is 0 Å². The number of methoxy groups -OCH3 is 1. The topological polar surface area (TPSA) is 72.2 Å². The average Bonchev–Trinajstić information content (AvgIpc) is 3.41. The average molecular weight is 398 g/mol. The molecule has 0 bridgehead atoms. The van der Waals surface area contributed by atoms with Crippen molar-refractivity contribution in [1.29, 1.82) is 0 Å². The van der Waals surface area contributed by atoms with Crippen LogP contribution in [-0.2, 0) is 4.74 Å². The molecular weight excluding hydrogens is 372 g/mol. The van der Waals surface area contributed by atoms with Gasteiger partial charge in [-0.25, -0.2) is 0 Å². The minimum absolute atomic E-state index is 0.0626. The largest absolute Gasteiger partial charge is 0.496 e. The van der Waals surface area contributed by atoms with Crippen molar-refractivity contribution in [3.8, 4) is 5.75 Å². The van der Waals surface area contributed by atoms with Crippen LogP contribution in [0.2, 0.25) is 0 Å². The fraction of sp³-hybridized carbons (Fsp3) is 0.455. The summed E-state index contributed by atoms with van der Waals surface area (Å²) in [6.45, 7) is 2.52. The zero-order valence-corrected chi connectivity index (χ0v) is 16.6. The number of benzene rings is 1. The molecule has 2 aliphatic rings. The summed E-state index contributed by atoms with van der Waals surface area (Å²) in [6.07, 6.45) is 3.54. The highest BCUT2D eigenvalue weighted by Crippen LogP contribution is 2.31. The first kappa shape index (κ1) is 19.5. The Morgan fingerprint density at radius 1 is 1.17 bits per heavy atom. The molecule has 2 fully saturated rings. The Kier molecular flexibility index (Phi) is 5.85. The van der Waals surface area contributed by atoms with Crippen LogP contribution >= 0.6 is 0 Å². The second-order valence-corrected chi connectivity index (χ2v) is 7.58. The maximum absolute atomic E-state index is 13.3. The molecule has 0 spiro atoms. The number of ether oxygens (including phenoxy) is 2. The van der Waals surface area contributed by atoms with Crippen molar-refractivity contribution < 1.29 is 23.5 Å². The van der Waals surface area contributed by atoms with Gasteiger partial charge in [0.1, 0.15) is 5.75 Å². The van der Waals surface area contributed by atoms with Gasteiger partial charge in [-0.3, -0.25) is 9.59 Å². The predicted octanol–water partition coefficient (Wildman–Crippen LogP) is 2.68. The number of rotatable bonds is 7. The first-order valence-electron chi connectivity index (χ1n) is 10.0. The van der Waals surface area contributed by atoms with Crippen LogP contribution in [0.3, 0.4) is 0 Å². The predicted molar refractivity (Wildman–Crippen MR) is 106 cm³/mol. The third kappa shape index (κ3) is 4.62. The molecule has 1 unspecified atom stereocenters. The molecule has 0 radical (unpaired) electrons. The number of hydrogen-bond donors (Lipinski definition) is 0. The summed E-state index contributed by atoms with van der Waals surface area (Å²) in [4.78, 5) is 29.4. The third-order valence-electron chi connectivity index (χ3n) is 5.38. The standard InChI is InChI=1S/C22H26N2O5/c1-27-19-6-3-2-5-18(19)21(25)24(13-16-8-9-16)15-17-14-23(10-12-28-17)22(26)20-7-4-11-29-20/h2-7,11,16-17H,8-10,12-15H2,1H3. The first-order chi connectivity index (χ1) is 14.2. The Morgan fingerprint density at radius 2 is 2.00 bits per heavy atom. The summed E-state index contributed by atoms with van der Waals surface area (Å²) in [6, 6.07) is 10.6. The van der Waals surface area contributed by atoms with E-state index in [-0.39, 0.29) is 17.9 Å². The molecule has 1 aromatic carbocycles. The lowest BCUT2D eigenvalue weighted by molar-refractivity contribution is -0.0342. The van der Waals surface area contributed by atoms with Crippen LogP contribution in [0.15, 0.2) is 47.1 Å². The van der Waals surface area contributed by atoms with Crippen LogP contribution in [-0.4, -0.2) is 67.6 Å². The lowest BCUT2D eigenvalue weighted by Crippen LogP contribution is -2.50. The van der Waals surface area contributed by atoms with Crippen LogP contribution < -0.4 is 4.74 Å². The van der Waals surface area contributed by atoms with Crippen LogP contribution in [0.5, 0.6) is 5.75 Å². The van der Waals surface area contributed by atoms with Gasteiger partial charge in [-0.1, -0.05) is 12.1 Å². The zero-order chi connectivity index (χ0) is 20.2. The molecule has 154 valence electrons. The SMILES string of the molecule is COc1ccccc1C(=O)N(CC1CC1)CC1CN(C(=O)c2ccco2)CCO1. The lowest BCUT2D eigenvalue weighted by Gasteiger charge is -2.35. The van der Waals surface area contributed by atoms with Crippen LogP contribution in [0, 0.1) is 5.92 Å². The summed E-state index contributed by atoms with van der Waals surface area (Å²) in [5.74, 6) is 1.22. The Hall–Kier alpha value is -2.80. The van der Waals surface area contributed by atoms with Crippen molar-refractivity contribution in [2.24, 2.45) is 5.92 Å². The molecule has 1 saturated carbocycles. The van der Waals surface area contributed by atoms with Gasteiger partial charge in [0.2, 0.25) is 0 Å². The maximum Gasteiger partial charge on any atom is 0.289 e. The number of amides is 2. The quantitative estimate of drug-likeness (QED) is 0.717. The maximum atomic E-state index is 13.3. The van der Waals surface area contributed by atoms with E-state index in [1.807, 2.05) is 17.0 Å². The van der Waals surface area contributed by atoms with Gasteiger partial charge in [0, 0.05) is 26.2 Å². The van der Waals surface area contributed by atoms with Gasteiger partial charge in [-0.05, 0) is 43.0 Å². The summed E-state index contributed by atoms with van der Waals surface area (Å²) in [7, 11) is 1.57. The van der Waals surface area contributed by atoms with Gasteiger partial charge in [0.05, 0.1) is 31.6 Å². The molecule has 7 nitrogen and oxygen atoms in total. The molecule has 1 aliphatic heterocycles. The molecule has 1 aliphatic carbocycles. The number of carbonyl (C=O) groups excluding carboxylic acids is 2. The number of nitrogens with zero attached hydrogens (tertiary/aromatic N) is 2. The molecule has 4 rings (SSSR count). The van der Waals surface area contributed by atoms with Crippen molar-refractivity contribution in [3.63, 3.8) is 0 Å². The highest BCUT2D eigenvalue weighted by Gasteiger charge is 2.33. The molecule has 29 heavy (non-hydrogen) atoms. The van der Waals surface area contributed by atoms with Crippen molar-refractivity contribution in [2.45, 2.75) is 18.9 Å². The van der Waals surface area contributed by atoms with Gasteiger partial charge in [0.25, 0.3) is 11.8 Å². The smallest absolute Gasteiger partial charge is 0.289 e. The molecule has 7 heteroatoms. The minimum Gasteiger partial charge on any atom is -0.496 e. The molecule has 1 saturated heterocycles. The van der Waals surface area contributed by atoms with Crippen molar-refractivity contribution in [1.82, 2.24) is 9.80 Å². The van der Waals surface area contributed by atoms with Crippen molar-refractivity contribution in [2.75, 3.05) is 39.9 Å². The number of carbonyl (C=O) groups is 2. The van der Waals surface area contributed by atoms with Crippen molar-refractivity contribution >= 4 is 11.8 Å². The fourth-order valence-corrected chi connectivity index (χ4v) is 3.66. The highest BCUT2D eigenvalue weighted by atomic mass is 16.5. The molecule has 0 N–H and O–H groups in total. The Balaban J connectivity index is 1.46. The number of hydrogen-bond acceptors (Lipinski definition) is 5. The van der Waals surface area contributed by atoms with Gasteiger partial charge in [-0.15, -0.1) is 0 Å². The molecule has 1 atom stereocenters. The molecule has 2 heterocycles. The first-order valence-corrected chi connectivity index (χ1v) is 10.0. The number of furan rings is 1. The molecular formula is C22H26N2O5. The van der Waals surface area contributed by atoms with Gasteiger partial charge < -0.3 is 23.7 Å². The monoisotopic (exact) mass is 398 g/mol. The molecule has 2 aromatic rings. The highest BCUT2D eigenvalue weighted by molar-refractivity contribution is 5.97. The fourth-order valence-electron chi connectivity index (χ4n) is 3.66. The third-order valence-corrected chi connectivity index (χ3v) is 5.38. The Labute approximate surface area is 170 Å². The van der Waals surface area contributed by atoms with Gasteiger partial charge in [-0.2, -0.15) is 0 Å². The summed E-state index contributed by atoms with van der Waals surface area (Å²) in [5.41, 5.74) is 0.551. The van der Waals surface area contributed by atoms with E-state index in [9.17, 15) is 9.59 Å². The number of morpholine rings is 1. The molecule has 1 aromatic heterocycles. The van der Waals surface area contributed by atoms with E-state index < -0.39 is 0 Å². The Morgan fingerprint density at radius 3 is 2.72 bits per heavy atom. The second-order valence-electron chi connectivity index (χ2n) is 7.58. The van der Waals surface area contributed by atoms with E-state index in [2.05, 4.69) is 0 Å². The number of para-hydroxylation sites is 1. The van der Waals surface area contributed by atoms with E-state index in [1.54, 1.807) is 36.3 Å².